The van der Waals surface area contributed by atoms with Crippen molar-refractivity contribution >= 4 is 0 Å². The van der Waals surface area contributed by atoms with E-state index in [0.29, 0.717) is 6.61 Å². The van der Waals surface area contributed by atoms with Crippen molar-refractivity contribution in [2.75, 3.05) is 13.7 Å². The second kappa shape index (κ2) is 7.30. The van der Waals surface area contributed by atoms with E-state index in [-0.39, 0.29) is 12.1 Å². The van der Waals surface area contributed by atoms with Gasteiger partial charge in [0.05, 0.1) is 19.3 Å². The molecule has 2 atom stereocenters. The first-order chi connectivity index (χ1) is 8.22. The van der Waals surface area contributed by atoms with E-state index in [1.807, 2.05) is 31.2 Å². The molecule has 0 spiro atoms. The van der Waals surface area contributed by atoms with Crippen LogP contribution in [0.4, 0.5) is 0 Å². The summed E-state index contributed by atoms with van der Waals surface area (Å²) in [6.07, 6.45) is 2.16. The number of benzene rings is 1. The van der Waals surface area contributed by atoms with Gasteiger partial charge in [-0.1, -0.05) is 25.5 Å². The Morgan fingerprint density at radius 3 is 2.29 bits per heavy atom. The van der Waals surface area contributed by atoms with Crippen LogP contribution in [0.2, 0.25) is 0 Å². The van der Waals surface area contributed by atoms with Crippen LogP contribution in [0.3, 0.4) is 0 Å². The van der Waals surface area contributed by atoms with E-state index >= 15 is 0 Å². The van der Waals surface area contributed by atoms with Crippen molar-refractivity contribution in [2.45, 2.75) is 38.8 Å². The Balaban J connectivity index is 2.73. The standard InChI is InChI=1S/C14H23NO2/c1-4-6-13(17-5-2)14(15)11-7-9-12(16-3)10-8-11/h7-10,13-14H,4-6,15H2,1-3H3. The summed E-state index contributed by atoms with van der Waals surface area (Å²) in [6, 6.07) is 7.81. The molecule has 0 aliphatic carbocycles. The lowest BCUT2D eigenvalue weighted by atomic mass is 9.99. The van der Waals surface area contributed by atoms with Gasteiger partial charge in [-0.15, -0.1) is 0 Å². The molecule has 0 aromatic heterocycles. The lowest BCUT2D eigenvalue weighted by Crippen LogP contribution is -2.29. The van der Waals surface area contributed by atoms with E-state index in [2.05, 4.69) is 6.92 Å². The Morgan fingerprint density at radius 1 is 1.18 bits per heavy atom. The van der Waals surface area contributed by atoms with Crippen molar-refractivity contribution in [1.29, 1.82) is 0 Å². The van der Waals surface area contributed by atoms with E-state index in [1.54, 1.807) is 7.11 Å². The average Bonchev–Trinajstić information content (AvgIpc) is 2.38. The SMILES string of the molecule is CCCC(OCC)C(N)c1ccc(OC)cc1. The van der Waals surface area contributed by atoms with Crippen LogP contribution in [0.15, 0.2) is 24.3 Å². The molecule has 0 saturated carbocycles. The fourth-order valence-corrected chi connectivity index (χ4v) is 1.91. The van der Waals surface area contributed by atoms with Crippen LogP contribution in [0.1, 0.15) is 38.3 Å². The molecular weight excluding hydrogens is 214 g/mol. The molecule has 96 valence electrons. The fraction of sp³-hybridized carbons (Fsp3) is 0.571. The fourth-order valence-electron chi connectivity index (χ4n) is 1.91. The Hall–Kier alpha value is -1.06. The largest absolute Gasteiger partial charge is 0.497 e. The highest BCUT2D eigenvalue weighted by Gasteiger charge is 2.18. The average molecular weight is 237 g/mol. The summed E-state index contributed by atoms with van der Waals surface area (Å²) in [5.74, 6) is 0.851. The molecule has 0 saturated heterocycles. The van der Waals surface area contributed by atoms with E-state index in [0.717, 1.165) is 24.2 Å². The van der Waals surface area contributed by atoms with E-state index in [1.165, 1.54) is 0 Å². The molecule has 0 aliphatic rings. The molecule has 3 nitrogen and oxygen atoms in total. The zero-order chi connectivity index (χ0) is 12.7. The second-order valence-corrected chi connectivity index (χ2v) is 4.08. The molecular formula is C14H23NO2. The van der Waals surface area contributed by atoms with Gasteiger partial charge in [0, 0.05) is 6.61 Å². The normalized spacial score (nSPS) is 14.4. The highest BCUT2D eigenvalue weighted by molar-refractivity contribution is 5.29. The van der Waals surface area contributed by atoms with E-state index < -0.39 is 0 Å². The minimum absolute atomic E-state index is 0.0687. The van der Waals surface area contributed by atoms with Gasteiger partial charge in [0.2, 0.25) is 0 Å². The van der Waals surface area contributed by atoms with Gasteiger partial charge in [0.25, 0.3) is 0 Å². The highest BCUT2D eigenvalue weighted by Crippen LogP contribution is 2.22. The molecule has 0 fully saturated rings. The summed E-state index contributed by atoms with van der Waals surface area (Å²) in [5.41, 5.74) is 7.33. The van der Waals surface area contributed by atoms with Gasteiger partial charge in [0.1, 0.15) is 5.75 Å². The summed E-state index contributed by atoms with van der Waals surface area (Å²) in [4.78, 5) is 0. The number of nitrogens with two attached hydrogens (primary N) is 1. The molecule has 2 N–H and O–H groups in total. The van der Waals surface area contributed by atoms with Crippen molar-refractivity contribution in [3.63, 3.8) is 0 Å². The van der Waals surface area contributed by atoms with Crippen LogP contribution >= 0.6 is 0 Å². The smallest absolute Gasteiger partial charge is 0.118 e. The third kappa shape index (κ3) is 4.02. The maximum absolute atomic E-state index is 6.24. The van der Waals surface area contributed by atoms with Gasteiger partial charge in [0.15, 0.2) is 0 Å². The molecule has 0 bridgehead atoms. The molecule has 1 aromatic carbocycles. The van der Waals surface area contributed by atoms with Gasteiger partial charge in [-0.2, -0.15) is 0 Å². The van der Waals surface area contributed by atoms with Gasteiger partial charge in [-0.3, -0.25) is 0 Å². The lowest BCUT2D eigenvalue weighted by Gasteiger charge is -2.23. The molecule has 3 heteroatoms. The van der Waals surface area contributed by atoms with Gasteiger partial charge in [-0.25, -0.2) is 0 Å². The molecule has 2 unspecified atom stereocenters. The minimum Gasteiger partial charge on any atom is -0.497 e. The van der Waals surface area contributed by atoms with Crippen molar-refractivity contribution in [3.05, 3.63) is 29.8 Å². The summed E-state index contributed by atoms with van der Waals surface area (Å²) >= 11 is 0. The molecule has 1 aromatic rings. The van der Waals surface area contributed by atoms with Gasteiger partial charge >= 0.3 is 0 Å². The third-order valence-electron chi connectivity index (χ3n) is 2.86. The number of hydrogen-bond donors (Lipinski definition) is 1. The monoisotopic (exact) mass is 237 g/mol. The van der Waals surface area contributed by atoms with Crippen LogP contribution in [0.25, 0.3) is 0 Å². The van der Waals surface area contributed by atoms with Crippen LogP contribution in [-0.2, 0) is 4.74 Å². The second-order valence-electron chi connectivity index (χ2n) is 4.08. The molecule has 0 aliphatic heterocycles. The van der Waals surface area contributed by atoms with Crippen molar-refractivity contribution in [1.82, 2.24) is 0 Å². The van der Waals surface area contributed by atoms with Gasteiger partial charge in [-0.05, 0) is 31.0 Å². The molecule has 0 radical (unpaired) electrons. The Morgan fingerprint density at radius 2 is 1.82 bits per heavy atom. The first-order valence-electron chi connectivity index (χ1n) is 6.24. The molecule has 0 amide bonds. The molecule has 0 heterocycles. The highest BCUT2D eigenvalue weighted by atomic mass is 16.5. The maximum Gasteiger partial charge on any atom is 0.118 e. The minimum atomic E-state index is -0.0687. The van der Waals surface area contributed by atoms with Gasteiger partial charge < -0.3 is 15.2 Å². The van der Waals surface area contributed by atoms with Crippen molar-refractivity contribution < 1.29 is 9.47 Å². The van der Waals surface area contributed by atoms with E-state index in [4.69, 9.17) is 15.2 Å². The topological polar surface area (TPSA) is 44.5 Å². The third-order valence-corrected chi connectivity index (χ3v) is 2.86. The summed E-state index contributed by atoms with van der Waals surface area (Å²) in [5, 5.41) is 0. The summed E-state index contributed by atoms with van der Waals surface area (Å²) in [6.45, 7) is 4.85. The Bertz CT molecular complexity index is 305. The Labute approximate surface area is 104 Å². The van der Waals surface area contributed by atoms with Crippen LogP contribution < -0.4 is 10.5 Å². The van der Waals surface area contributed by atoms with Crippen LogP contribution in [0, 0.1) is 0 Å². The number of ether oxygens (including phenoxy) is 2. The van der Waals surface area contributed by atoms with E-state index in [9.17, 15) is 0 Å². The first-order valence-corrected chi connectivity index (χ1v) is 6.24. The number of rotatable bonds is 7. The predicted molar refractivity (Wildman–Crippen MR) is 70.2 cm³/mol. The Kier molecular flexibility index (Phi) is 6.01. The first kappa shape index (κ1) is 14.0. The van der Waals surface area contributed by atoms with Crippen LogP contribution in [0.5, 0.6) is 5.75 Å². The van der Waals surface area contributed by atoms with Crippen molar-refractivity contribution in [2.24, 2.45) is 5.73 Å². The molecule has 17 heavy (non-hydrogen) atoms. The lowest BCUT2D eigenvalue weighted by molar-refractivity contribution is 0.0374. The quantitative estimate of drug-likeness (QED) is 0.793. The zero-order valence-electron chi connectivity index (χ0n) is 11.0. The number of methoxy groups -OCH3 is 1. The summed E-state index contributed by atoms with van der Waals surface area (Å²) < 4.78 is 10.8. The zero-order valence-corrected chi connectivity index (χ0v) is 11.0. The predicted octanol–water partition coefficient (Wildman–Crippen LogP) is 2.90. The maximum atomic E-state index is 6.24. The van der Waals surface area contributed by atoms with Crippen LogP contribution in [-0.4, -0.2) is 19.8 Å². The molecule has 1 rings (SSSR count). The number of hydrogen-bond acceptors (Lipinski definition) is 3. The summed E-state index contributed by atoms with van der Waals surface area (Å²) in [7, 11) is 1.66. The van der Waals surface area contributed by atoms with Crippen molar-refractivity contribution in [3.8, 4) is 5.75 Å².